The predicted octanol–water partition coefficient (Wildman–Crippen LogP) is 6.02. The average Bonchev–Trinajstić information content (AvgIpc) is 3.00. The van der Waals surface area contributed by atoms with Gasteiger partial charge in [-0.3, -0.25) is 4.79 Å². The average molecular weight is 345 g/mol. The lowest BCUT2D eigenvalue weighted by Gasteiger charge is -2.04. The van der Waals surface area contributed by atoms with Gasteiger partial charge in [-0.2, -0.15) is 0 Å². The molecule has 0 aliphatic rings. The van der Waals surface area contributed by atoms with E-state index < -0.39 is 0 Å². The van der Waals surface area contributed by atoms with Crippen LogP contribution in [0.2, 0.25) is 5.02 Å². The molecule has 0 bridgehead atoms. The third-order valence-electron chi connectivity index (χ3n) is 3.31. The van der Waals surface area contributed by atoms with Crippen molar-refractivity contribution in [1.82, 2.24) is 0 Å². The van der Waals surface area contributed by atoms with Gasteiger partial charge in [-0.15, -0.1) is 23.1 Å². The molecule has 0 N–H and O–H groups in total. The predicted molar refractivity (Wildman–Crippen MR) is 96.4 cm³/mol. The summed E-state index contributed by atoms with van der Waals surface area (Å²) in [6, 6.07) is 19.1. The molecule has 3 rings (SSSR count). The molecule has 3 aromatic rings. The number of thiophene rings is 1. The van der Waals surface area contributed by atoms with Crippen molar-refractivity contribution in [3.8, 4) is 11.1 Å². The summed E-state index contributed by atoms with van der Waals surface area (Å²) in [5, 5.41) is 0.694. The van der Waals surface area contributed by atoms with Gasteiger partial charge in [0.15, 0.2) is 0 Å². The van der Waals surface area contributed by atoms with Crippen LogP contribution in [0, 0.1) is 0 Å². The molecule has 0 saturated heterocycles. The first-order valence-corrected chi connectivity index (χ1v) is 9.14. The Hall–Kier alpha value is -1.55. The number of ketones is 1. The van der Waals surface area contributed by atoms with E-state index in [2.05, 4.69) is 6.07 Å². The first kappa shape index (κ1) is 15.3. The smallest absolute Gasteiger partial charge is 0.203 e. The van der Waals surface area contributed by atoms with E-state index in [4.69, 9.17) is 11.6 Å². The Morgan fingerprint density at radius 1 is 1.05 bits per heavy atom. The highest BCUT2D eigenvalue weighted by Gasteiger charge is 2.18. The van der Waals surface area contributed by atoms with E-state index >= 15 is 0 Å². The minimum Gasteiger partial charge on any atom is -0.288 e. The number of hydrogen-bond acceptors (Lipinski definition) is 3. The van der Waals surface area contributed by atoms with Gasteiger partial charge < -0.3 is 0 Å². The molecule has 1 heterocycles. The summed E-state index contributed by atoms with van der Waals surface area (Å²) in [5.41, 5.74) is 2.70. The van der Waals surface area contributed by atoms with E-state index in [1.165, 1.54) is 0 Å². The summed E-state index contributed by atoms with van der Waals surface area (Å²) in [6.45, 7) is 0. The zero-order chi connectivity index (χ0) is 15.5. The maximum atomic E-state index is 12.8. The van der Waals surface area contributed by atoms with Crippen LogP contribution in [0.3, 0.4) is 0 Å². The van der Waals surface area contributed by atoms with Crippen LogP contribution in [-0.4, -0.2) is 12.0 Å². The third-order valence-corrected chi connectivity index (χ3v) is 5.76. The zero-order valence-electron chi connectivity index (χ0n) is 11.9. The monoisotopic (exact) mass is 344 g/mol. The number of benzene rings is 2. The van der Waals surface area contributed by atoms with E-state index in [1.54, 1.807) is 23.1 Å². The summed E-state index contributed by atoms with van der Waals surface area (Å²) < 4.78 is 1.13. The fourth-order valence-electron chi connectivity index (χ4n) is 2.20. The summed E-state index contributed by atoms with van der Waals surface area (Å²) in [6.07, 6.45) is 2.02. The molecule has 1 nitrogen and oxygen atoms in total. The van der Waals surface area contributed by atoms with Crippen LogP contribution in [0.4, 0.5) is 0 Å². The van der Waals surface area contributed by atoms with Gasteiger partial charge >= 0.3 is 0 Å². The van der Waals surface area contributed by atoms with Crippen molar-refractivity contribution < 1.29 is 4.79 Å². The van der Waals surface area contributed by atoms with Gasteiger partial charge in [-0.25, -0.2) is 0 Å². The lowest BCUT2D eigenvalue weighted by molar-refractivity contribution is 0.104. The normalized spacial score (nSPS) is 10.6. The molecular formula is C18H13ClOS2. The van der Waals surface area contributed by atoms with Gasteiger partial charge in [0.2, 0.25) is 5.78 Å². The molecule has 0 fully saturated rings. The molecule has 0 aliphatic heterocycles. The van der Waals surface area contributed by atoms with Gasteiger partial charge in [0.25, 0.3) is 0 Å². The van der Waals surface area contributed by atoms with E-state index in [0.29, 0.717) is 10.6 Å². The van der Waals surface area contributed by atoms with Crippen LogP contribution in [0.15, 0.2) is 64.9 Å². The molecule has 0 saturated carbocycles. The Morgan fingerprint density at radius 2 is 1.73 bits per heavy atom. The van der Waals surface area contributed by atoms with E-state index in [1.807, 2.05) is 60.9 Å². The largest absolute Gasteiger partial charge is 0.288 e. The topological polar surface area (TPSA) is 17.1 Å². The SMILES string of the molecule is CSc1cc(-c2ccc(Cl)cc2)c(C(=O)c2ccccc2)s1. The highest BCUT2D eigenvalue weighted by molar-refractivity contribution is 8.00. The Balaban J connectivity index is 2.09. The lowest BCUT2D eigenvalue weighted by atomic mass is 10.0. The molecule has 0 spiro atoms. The summed E-state index contributed by atoms with van der Waals surface area (Å²) >= 11 is 9.16. The maximum Gasteiger partial charge on any atom is 0.203 e. The van der Waals surface area contributed by atoms with Crippen molar-refractivity contribution in [2.75, 3.05) is 6.26 Å². The highest BCUT2D eigenvalue weighted by Crippen LogP contribution is 2.37. The molecule has 110 valence electrons. The molecular weight excluding hydrogens is 332 g/mol. The summed E-state index contributed by atoms with van der Waals surface area (Å²) in [5.74, 6) is 0.0656. The van der Waals surface area contributed by atoms with E-state index in [-0.39, 0.29) is 5.78 Å². The van der Waals surface area contributed by atoms with E-state index in [0.717, 1.165) is 20.2 Å². The minimum atomic E-state index is 0.0656. The second-order valence-electron chi connectivity index (χ2n) is 4.71. The number of hydrogen-bond donors (Lipinski definition) is 0. The molecule has 0 aliphatic carbocycles. The number of thioether (sulfide) groups is 1. The number of halogens is 1. The summed E-state index contributed by atoms with van der Waals surface area (Å²) in [7, 11) is 0. The Kier molecular flexibility index (Phi) is 4.67. The zero-order valence-corrected chi connectivity index (χ0v) is 14.3. The molecule has 4 heteroatoms. The standard InChI is InChI=1S/C18H13ClOS2/c1-21-16-11-15(12-7-9-14(19)10-8-12)18(22-16)17(20)13-5-3-2-4-6-13/h2-11H,1H3. The molecule has 22 heavy (non-hydrogen) atoms. The molecule has 0 radical (unpaired) electrons. The fourth-order valence-corrected chi connectivity index (χ4v) is 4.02. The Morgan fingerprint density at radius 3 is 2.36 bits per heavy atom. The summed E-state index contributed by atoms with van der Waals surface area (Å²) in [4.78, 5) is 13.6. The van der Waals surface area contributed by atoms with Gasteiger partial charge in [0, 0.05) is 16.1 Å². The quantitative estimate of drug-likeness (QED) is 0.425. The molecule has 0 unspecified atom stereocenters. The maximum absolute atomic E-state index is 12.8. The lowest BCUT2D eigenvalue weighted by Crippen LogP contribution is -1.99. The molecule has 0 atom stereocenters. The number of rotatable bonds is 4. The van der Waals surface area contributed by atoms with Crippen LogP contribution in [0.5, 0.6) is 0 Å². The van der Waals surface area contributed by atoms with Crippen LogP contribution < -0.4 is 0 Å². The van der Waals surface area contributed by atoms with E-state index in [9.17, 15) is 4.79 Å². The molecule has 2 aromatic carbocycles. The first-order valence-electron chi connectivity index (χ1n) is 6.72. The van der Waals surface area contributed by atoms with Gasteiger partial charge in [-0.1, -0.05) is 54.1 Å². The second kappa shape index (κ2) is 6.69. The highest BCUT2D eigenvalue weighted by atomic mass is 35.5. The minimum absolute atomic E-state index is 0.0656. The number of carbonyl (C=O) groups is 1. The van der Waals surface area contributed by atoms with Crippen molar-refractivity contribution >= 4 is 40.5 Å². The molecule has 0 amide bonds. The first-order chi connectivity index (χ1) is 10.7. The van der Waals surface area contributed by atoms with Crippen molar-refractivity contribution in [2.45, 2.75) is 4.21 Å². The van der Waals surface area contributed by atoms with Crippen LogP contribution in [-0.2, 0) is 0 Å². The van der Waals surface area contributed by atoms with Crippen LogP contribution >= 0.6 is 34.7 Å². The third kappa shape index (κ3) is 3.12. The fraction of sp³-hybridized carbons (Fsp3) is 0.0556. The van der Waals surface area contributed by atoms with Crippen molar-refractivity contribution in [3.05, 3.63) is 76.1 Å². The van der Waals surface area contributed by atoms with Crippen molar-refractivity contribution in [1.29, 1.82) is 0 Å². The Labute approximate surface area is 143 Å². The number of carbonyl (C=O) groups excluding carboxylic acids is 1. The van der Waals surface area contributed by atoms with Gasteiger partial charge in [0.1, 0.15) is 0 Å². The van der Waals surface area contributed by atoms with Crippen LogP contribution in [0.25, 0.3) is 11.1 Å². The Bertz CT molecular complexity index is 792. The molecule has 1 aromatic heterocycles. The van der Waals surface area contributed by atoms with Crippen molar-refractivity contribution in [3.63, 3.8) is 0 Å². The van der Waals surface area contributed by atoms with Gasteiger partial charge in [-0.05, 0) is 30.0 Å². The van der Waals surface area contributed by atoms with Crippen LogP contribution in [0.1, 0.15) is 15.2 Å². The van der Waals surface area contributed by atoms with Gasteiger partial charge in [0.05, 0.1) is 9.09 Å². The van der Waals surface area contributed by atoms with Crippen molar-refractivity contribution in [2.24, 2.45) is 0 Å². The second-order valence-corrected chi connectivity index (χ2v) is 7.31.